The van der Waals surface area contributed by atoms with Gasteiger partial charge in [-0.25, -0.2) is 4.98 Å². The van der Waals surface area contributed by atoms with E-state index in [4.69, 9.17) is 5.73 Å². The first-order valence-electron chi connectivity index (χ1n) is 4.37. The average molecular weight is 213 g/mol. The normalized spacial score (nSPS) is 11.4. The van der Waals surface area contributed by atoms with Gasteiger partial charge in [-0.15, -0.1) is 11.3 Å². The Hall–Kier alpha value is -0.940. The molecule has 4 nitrogen and oxygen atoms in total. The van der Waals surface area contributed by atoms with Crippen LogP contribution in [0.4, 0.5) is 0 Å². The molecule has 1 rings (SSSR count). The van der Waals surface area contributed by atoms with Gasteiger partial charge in [-0.1, -0.05) is 0 Å². The molecule has 1 aromatic heterocycles. The van der Waals surface area contributed by atoms with Crippen molar-refractivity contribution in [1.82, 2.24) is 10.3 Å². The molecule has 0 fully saturated rings. The van der Waals surface area contributed by atoms with Crippen LogP contribution in [0.1, 0.15) is 29.2 Å². The Bertz CT molecular complexity index is 327. The molecule has 0 radical (unpaired) electrons. The van der Waals surface area contributed by atoms with Crippen molar-refractivity contribution < 1.29 is 4.79 Å². The van der Waals surface area contributed by atoms with Crippen LogP contribution in [0.25, 0.3) is 0 Å². The van der Waals surface area contributed by atoms with Crippen molar-refractivity contribution in [3.63, 3.8) is 0 Å². The van der Waals surface area contributed by atoms with Crippen LogP contribution in [-0.2, 0) is 0 Å². The SMILES string of the molecule is Cc1scnc1C(=O)NCC(C)(C)N. The first kappa shape index (κ1) is 11.1. The minimum Gasteiger partial charge on any atom is -0.349 e. The number of nitrogens with two attached hydrogens (primary N) is 1. The van der Waals surface area contributed by atoms with Crippen LogP contribution >= 0.6 is 11.3 Å². The Balaban J connectivity index is 2.56. The second-order valence-electron chi connectivity index (χ2n) is 3.93. The molecule has 3 N–H and O–H groups in total. The van der Waals surface area contributed by atoms with Crippen molar-refractivity contribution >= 4 is 17.2 Å². The Morgan fingerprint density at radius 2 is 2.36 bits per heavy atom. The summed E-state index contributed by atoms with van der Waals surface area (Å²) in [4.78, 5) is 16.5. The molecule has 0 saturated carbocycles. The topological polar surface area (TPSA) is 68.0 Å². The lowest BCUT2D eigenvalue weighted by atomic mass is 10.1. The molecule has 1 aromatic rings. The molecule has 0 bridgehead atoms. The Morgan fingerprint density at radius 3 is 2.79 bits per heavy atom. The van der Waals surface area contributed by atoms with Gasteiger partial charge in [0.15, 0.2) is 0 Å². The molecule has 0 aliphatic carbocycles. The van der Waals surface area contributed by atoms with Crippen molar-refractivity contribution in [2.45, 2.75) is 26.3 Å². The first-order chi connectivity index (χ1) is 6.40. The second kappa shape index (κ2) is 4.06. The maximum Gasteiger partial charge on any atom is 0.271 e. The molecule has 5 heteroatoms. The van der Waals surface area contributed by atoms with Gasteiger partial charge in [0.05, 0.1) is 5.51 Å². The average Bonchev–Trinajstić information content (AvgIpc) is 2.46. The van der Waals surface area contributed by atoms with E-state index in [-0.39, 0.29) is 11.4 Å². The maximum atomic E-state index is 11.6. The quantitative estimate of drug-likeness (QED) is 0.784. The van der Waals surface area contributed by atoms with E-state index in [1.807, 2.05) is 20.8 Å². The fourth-order valence-electron chi connectivity index (χ4n) is 0.915. The molecular weight excluding hydrogens is 198 g/mol. The predicted molar refractivity (Wildman–Crippen MR) is 57.5 cm³/mol. The van der Waals surface area contributed by atoms with Gasteiger partial charge in [-0.3, -0.25) is 4.79 Å². The molecule has 0 unspecified atom stereocenters. The van der Waals surface area contributed by atoms with Crippen LogP contribution in [-0.4, -0.2) is 23.0 Å². The van der Waals surface area contributed by atoms with Crippen LogP contribution < -0.4 is 11.1 Å². The molecule has 0 atom stereocenters. The molecule has 0 spiro atoms. The number of nitrogens with zero attached hydrogens (tertiary/aromatic N) is 1. The zero-order valence-electron chi connectivity index (χ0n) is 8.63. The summed E-state index contributed by atoms with van der Waals surface area (Å²) in [6, 6.07) is 0. The van der Waals surface area contributed by atoms with E-state index < -0.39 is 0 Å². The second-order valence-corrected chi connectivity index (χ2v) is 4.99. The number of amides is 1. The minimum atomic E-state index is -0.389. The number of carbonyl (C=O) groups excluding carboxylic acids is 1. The number of aryl methyl sites for hydroxylation is 1. The zero-order chi connectivity index (χ0) is 10.8. The van der Waals surface area contributed by atoms with E-state index in [1.165, 1.54) is 11.3 Å². The van der Waals surface area contributed by atoms with Crippen molar-refractivity contribution in [3.05, 3.63) is 16.1 Å². The molecule has 0 aliphatic heterocycles. The lowest BCUT2D eigenvalue weighted by Crippen LogP contribution is -2.45. The molecular formula is C9H15N3OS. The van der Waals surface area contributed by atoms with Gasteiger partial charge >= 0.3 is 0 Å². The van der Waals surface area contributed by atoms with Crippen LogP contribution in [0.15, 0.2) is 5.51 Å². The van der Waals surface area contributed by atoms with Gasteiger partial charge < -0.3 is 11.1 Å². The fraction of sp³-hybridized carbons (Fsp3) is 0.556. The van der Waals surface area contributed by atoms with Crippen LogP contribution in [0.5, 0.6) is 0 Å². The van der Waals surface area contributed by atoms with Gasteiger partial charge in [0.2, 0.25) is 0 Å². The summed E-state index contributed by atoms with van der Waals surface area (Å²) < 4.78 is 0. The zero-order valence-corrected chi connectivity index (χ0v) is 9.44. The fourth-order valence-corrected chi connectivity index (χ4v) is 1.49. The maximum absolute atomic E-state index is 11.6. The highest BCUT2D eigenvalue weighted by Gasteiger charge is 2.15. The summed E-state index contributed by atoms with van der Waals surface area (Å²) in [5.41, 5.74) is 7.52. The monoisotopic (exact) mass is 213 g/mol. The Kier molecular flexibility index (Phi) is 3.23. The van der Waals surface area contributed by atoms with Gasteiger partial charge in [0.1, 0.15) is 5.69 Å². The van der Waals surface area contributed by atoms with Crippen molar-refractivity contribution in [3.8, 4) is 0 Å². The lowest BCUT2D eigenvalue weighted by Gasteiger charge is -2.18. The van der Waals surface area contributed by atoms with E-state index in [0.29, 0.717) is 12.2 Å². The predicted octanol–water partition coefficient (Wildman–Crippen LogP) is 0.919. The Labute approximate surface area is 87.5 Å². The van der Waals surface area contributed by atoms with Gasteiger partial charge in [-0.05, 0) is 20.8 Å². The van der Waals surface area contributed by atoms with E-state index in [2.05, 4.69) is 10.3 Å². The number of hydrogen-bond donors (Lipinski definition) is 2. The van der Waals surface area contributed by atoms with Gasteiger partial charge in [-0.2, -0.15) is 0 Å². The Morgan fingerprint density at radius 1 is 1.71 bits per heavy atom. The molecule has 14 heavy (non-hydrogen) atoms. The minimum absolute atomic E-state index is 0.151. The molecule has 0 aromatic carbocycles. The number of hydrogen-bond acceptors (Lipinski definition) is 4. The number of rotatable bonds is 3. The van der Waals surface area contributed by atoms with Crippen molar-refractivity contribution in [2.24, 2.45) is 5.73 Å². The summed E-state index contributed by atoms with van der Waals surface area (Å²) in [5, 5.41) is 2.75. The summed E-state index contributed by atoms with van der Waals surface area (Å²) in [6.07, 6.45) is 0. The molecule has 0 saturated heterocycles. The van der Waals surface area contributed by atoms with E-state index in [0.717, 1.165) is 4.88 Å². The van der Waals surface area contributed by atoms with Crippen LogP contribution in [0.2, 0.25) is 0 Å². The van der Waals surface area contributed by atoms with E-state index in [9.17, 15) is 4.79 Å². The molecule has 1 heterocycles. The standard InChI is InChI=1S/C9H15N3OS/c1-6-7(12-5-14-6)8(13)11-4-9(2,3)10/h5H,4,10H2,1-3H3,(H,11,13). The number of thiazole rings is 1. The number of aromatic nitrogens is 1. The van der Waals surface area contributed by atoms with Crippen molar-refractivity contribution in [2.75, 3.05) is 6.54 Å². The number of carbonyl (C=O) groups is 1. The highest BCUT2D eigenvalue weighted by molar-refractivity contribution is 7.09. The van der Waals surface area contributed by atoms with Gasteiger partial charge in [0.25, 0.3) is 5.91 Å². The first-order valence-corrected chi connectivity index (χ1v) is 5.25. The summed E-state index contributed by atoms with van der Waals surface area (Å²) in [5.74, 6) is -0.151. The molecule has 78 valence electrons. The summed E-state index contributed by atoms with van der Waals surface area (Å²) >= 11 is 1.46. The number of nitrogens with one attached hydrogen (secondary N) is 1. The summed E-state index contributed by atoms with van der Waals surface area (Å²) in [6.45, 7) is 6.05. The van der Waals surface area contributed by atoms with Crippen LogP contribution in [0.3, 0.4) is 0 Å². The van der Waals surface area contributed by atoms with Gasteiger partial charge in [0, 0.05) is 17.0 Å². The lowest BCUT2D eigenvalue weighted by molar-refractivity contribution is 0.0941. The highest BCUT2D eigenvalue weighted by atomic mass is 32.1. The summed E-state index contributed by atoms with van der Waals surface area (Å²) in [7, 11) is 0. The van der Waals surface area contributed by atoms with Crippen LogP contribution in [0, 0.1) is 6.92 Å². The van der Waals surface area contributed by atoms with E-state index in [1.54, 1.807) is 5.51 Å². The van der Waals surface area contributed by atoms with E-state index >= 15 is 0 Å². The smallest absolute Gasteiger partial charge is 0.271 e. The molecule has 0 aliphatic rings. The third-order valence-corrected chi connectivity index (χ3v) is 2.42. The third kappa shape index (κ3) is 3.08. The highest BCUT2D eigenvalue weighted by Crippen LogP contribution is 2.10. The molecule has 1 amide bonds. The third-order valence-electron chi connectivity index (χ3n) is 1.66. The largest absolute Gasteiger partial charge is 0.349 e. The van der Waals surface area contributed by atoms with Crippen molar-refractivity contribution in [1.29, 1.82) is 0 Å².